The molecule has 1 aromatic rings. The van der Waals surface area contributed by atoms with E-state index in [1.165, 1.54) is 21.3 Å². The van der Waals surface area contributed by atoms with E-state index in [-0.39, 0.29) is 5.91 Å². The zero-order valence-electron chi connectivity index (χ0n) is 12.4. The summed E-state index contributed by atoms with van der Waals surface area (Å²) in [4.78, 5) is 12.1. The second-order valence-electron chi connectivity index (χ2n) is 4.13. The second kappa shape index (κ2) is 8.27. The van der Waals surface area contributed by atoms with Gasteiger partial charge in [-0.2, -0.15) is 0 Å². The molecule has 6 heteroatoms. The van der Waals surface area contributed by atoms with Crippen LogP contribution in [0.15, 0.2) is 12.1 Å². The van der Waals surface area contributed by atoms with E-state index in [1.54, 1.807) is 12.1 Å². The Balaban J connectivity index is 2.86. The van der Waals surface area contributed by atoms with E-state index in [2.05, 4.69) is 10.6 Å². The molecule has 1 amide bonds. The van der Waals surface area contributed by atoms with Crippen molar-refractivity contribution in [1.82, 2.24) is 10.6 Å². The van der Waals surface area contributed by atoms with Crippen LogP contribution in [0.1, 0.15) is 16.8 Å². The lowest BCUT2D eigenvalue weighted by Crippen LogP contribution is -2.26. The quantitative estimate of drug-likeness (QED) is 0.698. The summed E-state index contributed by atoms with van der Waals surface area (Å²) >= 11 is 0. The molecule has 0 saturated heterocycles. The van der Waals surface area contributed by atoms with Crippen LogP contribution in [0.5, 0.6) is 17.2 Å². The Morgan fingerprint density at radius 1 is 1.05 bits per heavy atom. The zero-order valence-corrected chi connectivity index (χ0v) is 12.4. The number of carbonyl (C=O) groups excluding carboxylic acids is 1. The van der Waals surface area contributed by atoms with Gasteiger partial charge in [-0.1, -0.05) is 0 Å². The number of rotatable bonds is 8. The minimum atomic E-state index is -0.166. The van der Waals surface area contributed by atoms with Gasteiger partial charge in [-0.15, -0.1) is 0 Å². The van der Waals surface area contributed by atoms with Crippen LogP contribution < -0.4 is 24.8 Å². The van der Waals surface area contributed by atoms with Crippen LogP contribution in [0.4, 0.5) is 0 Å². The Morgan fingerprint density at radius 3 is 2.10 bits per heavy atom. The van der Waals surface area contributed by atoms with Crippen molar-refractivity contribution in [2.24, 2.45) is 0 Å². The van der Waals surface area contributed by atoms with Gasteiger partial charge in [-0.3, -0.25) is 4.79 Å². The van der Waals surface area contributed by atoms with Crippen molar-refractivity contribution in [2.75, 3.05) is 41.5 Å². The maximum Gasteiger partial charge on any atom is 0.251 e. The van der Waals surface area contributed by atoms with Gasteiger partial charge in [-0.05, 0) is 32.1 Å². The lowest BCUT2D eigenvalue weighted by molar-refractivity contribution is 0.0952. The van der Waals surface area contributed by atoms with Crippen molar-refractivity contribution in [3.8, 4) is 17.2 Å². The van der Waals surface area contributed by atoms with Crippen LogP contribution in [0.25, 0.3) is 0 Å². The average molecular weight is 282 g/mol. The first-order valence-electron chi connectivity index (χ1n) is 6.40. The molecule has 0 aliphatic heterocycles. The molecule has 0 unspecified atom stereocenters. The summed E-state index contributed by atoms with van der Waals surface area (Å²) in [5, 5.41) is 5.87. The van der Waals surface area contributed by atoms with Gasteiger partial charge in [0.25, 0.3) is 5.91 Å². The summed E-state index contributed by atoms with van der Waals surface area (Å²) in [7, 11) is 6.44. The summed E-state index contributed by atoms with van der Waals surface area (Å²) < 4.78 is 15.7. The first kappa shape index (κ1) is 16.1. The molecule has 112 valence electrons. The molecule has 0 spiro atoms. The summed E-state index contributed by atoms with van der Waals surface area (Å²) in [6, 6.07) is 3.27. The molecule has 0 aliphatic carbocycles. The summed E-state index contributed by atoms with van der Waals surface area (Å²) in [6.45, 7) is 1.46. The number of nitrogens with one attached hydrogen (secondary N) is 2. The highest BCUT2D eigenvalue weighted by Crippen LogP contribution is 2.38. The Hall–Kier alpha value is -1.95. The molecule has 0 atom stereocenters. The number of ether oxygens (including phenoxy) is 3. The molecule has 0 aromatic heterocycles. The third kappa shape index (κ3) is 4.03. The number of benzene rings is 1. The van der Waals surface area contributed by atoms with Crippen molar-refractivity contribution >= 4 is 5.91 Å². The highest BCUT2D eigenvalue weighted by atomic mass is 16.5. The first-order valence-corrected chi connectivity index (χ1v) is 6.40. The van der Waals surface area contributed by atoms with Crippen molar-refractivity contribution in [1.29, 1.82) is 0 Å². The molecule has 6 nitrogen and oxygen atoms in total. The smallest absolute Gasteiger partial charge is 0.251 e. The van der Waals surface area contributed by atoms with Crippen LogP contribution in [0, 0.1) is 0 Å². The van der Waals surface area contributed by atoms with Gasteiger partial charge in [0.15, 0.2) is 11.5 Å². The van der Waals surface area contributed by atoms with Crippen LogP contribution in [0.3, 0.4) is 0 Å². The third-order valence-corrected chi connectivity index (χ3v) is 2.82. The number of methoxy groups -OCH3 is 3. The van der Waals surface area contributed by atoms with Crippen LogP contribution >= 0.6 is 0 Å². The molecule has 1 aromatic carbocycles. The first-order chi connectivity index (χ1) is 9.67. The third-order valence-electron chi connectivity index (χ3n) is 2.82. The van der Waals surface area contributed by atoms with Crippen LogP contribution in [0.2, 0.25) is 0 Å². The Bertz CT molecular complexity index is 424. The van der Waals surface area contributed by atoms with Gasteiger partial charge < -0.3 is 24.8 Å². The van der Waals surface area contributed by atoms with Crippen LogP contribution in [-0.2, 0) is 0 Å². The number of hydrogen-bond acceptors (Lipinski definition) is 5. The van der Waals surface area contributed by atoms with Gasteiger partial charge in [0.2, 0.25) is 5.75 Å². The van der Waals surface area contributed by atoms with Gasteiger partial charge in [0.05, 0.1) is 21.3 Å². The molecule has 0 bridgehead atoms. The summed E-state index contributed by atoms with van der Waals surface area (Å²) in [6.07, 6.45) is 0.868. The predicted octanol–water partition coefficient (Wildman–Crippen LogP) is 1.05. The molecule has 0 radical (unpaired) electrons. The van der Waals surface area contributed by atoms with Crippen molar-refractivity contribution in [3.63, 3.8) is 0 Å². The average Bonchev–Trinajstić information content (AvgIpc) is 2.49. The van der Waals surface area contributed by atoms with E-state index in [0.29, 0.717) is 29.4 Å². The largest absolute Gasteiger partial charge is 0.493 e. The summed E-state index contributed by atoms with van der Waals surface area (Å²) in [5.74, 6) is 1.24. The van der Waals surface area contributed by atoms with Gasteiger partial charge in [-0.25, -0.2) is 0 Å². The highest BCUT2D eigenvalue weighted by molar-refractivity contribution is 5.95. The van der Waals surface area contributed by atoms with E-state index in [9.17, 15) is 4.79 Å². The predicted molar refractivity (Wildman–Crippen MR) is 77.0 cm³/mol. The van der Waals surface area contributed by atoms with E-state index in [1.807, 2.05) is 7.05 Å². The maximum atomic E-state index is 12.1. The maximum absolute atomic E-state index is 12.1. The SMILES string of the molecule is CNCCCNC(=O)c1cc(OC)c(OC)c(OC)c1. The van der Waals surface area contributed by atoms with Gasteiger partial charge in [0, 0.05) is 12.1 Å². The molecular formula is C14H22N2O4. The minimum Gasteiger partial charge on any atom is -0.493 e. The molecule has 20 heavy (non-hydrogen) atoms. The van der Waals surface area contributed by atoms with Crippen molar-refractivity contribution in [3.05, 3.63) is 17.7 Å². The highest BCUT2D eigenvalue weighted by Gasteiger charge is 2.16. The Morgan fingerprint density at radius 2 is 1.65 bits per heavy atom. The fourth-order valence-corrected chi connectivity index (χ4v) is 1.78. The topological polar surface area (TPSA) is 68.8 Å². The molecule has 0 aliphatic rings. The zero-order chi connectivity index (χ0) is 15.0. The van der Waals surface area contributed by atoms with E-state index in [0.717, 1.165) is 13.0 Å². The van der Waals surface area contributed by atoms with Gasteiger partial charge >= 0.3 is 0 Å². The summed E-state index contributed by atoms with van der Waals surface area (Å²) in [5.41, 5.74) is 0.476. The van der Waals surface area contributed by atoms with Crippen molar-refractivity contribution < 1.29 is 19.0 Å². The molecule has 0 saturated carbocycles. The number of carbonyl (C=O) groups is 1. The lowest BCUT2D eigenvalue weighted by Gasteiger charge is -2.14. The fourth-order valence-electron chi connectivity index (χ4n) is 1.78. The lowest BCUT2D eigenvalue weighted by atomic mass is 10.1. The van der Waals surface area contributed by atoms with Crippen molar-refractivity contribution in [2.45, 2.75) is 6.42 Å². The Kier molecular flexibility index (Phi) is 6.66. The normalized spacial score (nSPS) is 10.0. The number of hydrogen-bond donors (Lipinski definition) is 2. The molecular weight excluding hydrogens is 260 g/mol. The van der Waals surface area contributed by atoms with Gasteiger partial charge in [0.1, 0.15) is 0 Å². The molecule has 0 heterocycles. The molecule has 1 rings (SSSR count). The van der Waals surface area contributed by atoms with E-state index >= 15 is 0 Å². The standard InChI is InChI=1S/C14H22N2O4/c1-15-6-5-7-16-14(17)10-8-11(18-2)13(20-4)12(9-10)19-3/h8-9,15H,5-7H2,1-4H3,(H,16,17). The second-order valence-corrected chi connectivity index (χ2v) is 4.13. The monoisotopic (exact) mass is 282 g/mol. The van der Waals surface area contributed by atoms with E-state index in [4.69, 9.17) is 14.2 Å². The fraction of sp³-hybridized carbons (Fsp3) is 0.500. The molecule has 2 N–H and O–H groups in total. The Labute approximate surface area is 119 Å². The number of amides is 1. The minimum absolute atomic E-state index is 0.166. The van der Waals surface area contributed by atoms with Crippen LogP contribution in [-0.4, -0.2) is 47.4 Å². The van der Waals surface area contributed by atoms with E-state index < -0.39 is 0 Å². The molecule has 0 fully saturated rings.